The molecule has 0 spiro atoms. The van der Waals surface area contributed by atoms with Crippen LogP contribution in [0.1, 0.15) is 0 Å². The van der Waals surface area contributed by atoms with Gasteiger partial charge in [0.1, 0.15) is 0 Å². The fourth-order valence-electron chi connectivity index (χ4n) is 8.42. The Bertz CT molecular complexity index is 3220. The van der Waals surface area contributed by atoms with Gasteiger partial charge < -0.3 is 4.57 Å². The van der Waals surface area contributed by atoms with E-state index in [0.717, 1.165) is 33.8 Å². The van der Waals surface area contributed by atoms with Gasteiger partial charge in [-0.25, -0.2) is 9.97 Å². The molecule has 3 nitrogen and oxygen atoms in total. The Labute approximate surface area is 318 Å². The minimum absolute atomic E-state index is 0.695. The first kappa shape index (κ1) is 31.2. The molecule has 0 saturated carbocycles. The van der Waals surface area contributed by atoms with Gasteiger partial charge in [-0.3, -0.25) is 0 Å². The number of rotatable bonds is 5. The monoisotopic (exact) mass is 699 g/mol. The summed E-state index contributed by atoms with van der Waals surface area (Å²) in [6.07, 6.45) is 0. The van der Waals surface area contributed by atoms with Crippen molar-refractivity contribution in [3.8, 4) is 50.7 Å². The van der Waals surface area contributed by atoms with Gasteiger partial charge in [-0.2, -0.15) is 0 Å². The fraction of sp³-hybridized carbons (Fsp3) is 0. The Kier molecular flexibility index (Phi) is 7.17. The van der Waals surface area contributed by atoms with Crippen LogP contribution in [0.5, 0.6) is 0 Å². The summed E-state index contributed by atoms with van der Waals surface area (Å²) in [5.74, 6) is 0.695. The summed E-state index contributed by atoms with van der Waals surface area (Å²) in [5, 5.41) is 10.1. The minimum atomic E-state index is 0.695. The zero-order valence-corrected chi connectivity index (χ0v) is 29.9. The maximum Gasteiger partial charge on any atom is 0.160 e. The van der Waals surface area contributed by atoms with Crippen molar-refractivity contribution < 1.29 is 0 Å². The van der Waals surface area contributed by atoms with E-state index in [0.29, 0.717) is 5.82 Å². The zero-order chi connectivity index (χ0) is 36.3. The molecule has 0 N–H and O–H groups in total. The second kappa shape index (κ2) is 12.6. The van der Waals surface area contributed by atoms with Crippen LogP contribution in [0.15, 0.2) is 200 Å². The number of fused-ring (bicyclic) bond motifs is 10. The molecule has 0 atom stereocenters. The molecule has 2 aromatic heterocycles. The molecule has 256 valence electrons. The van der Waals surface area contributed by atoms with Crippen LogP contribution in [-0.4, -0.2) is 14.5 Å². The van der Waals surface area contributed by atoms with Crippen molar-refractivity contribution >= 4 is 54.1 Å². The third-order valence-corrected chi connectivity index (χ3v) is 11.0. The Balaban J connectivity index is 1.09. The summed E-state index contributed by atoms with van der Waals surface area (Å²) < 4.78 is 2.44. The first-order chi connectivity index (χ1) is 27.3. The van der Waals surface area contributed by atoms with Gasteiger partial charge in [0.2, 0.25) is 0 Å². The maximum absolute atomic E-state index is 5.18. The molecular formula is C52H33N3. The van der Waals surface area contributed by atoms with Gasteiger partial charge in [0.05, 0.1) is 22.4 Å². The van der Waals surface area contributed by atoms with Gasteiger partial charge in [0.15, 0.2) is 5.82 Å². The smallest absolute Gasteiger partial charge is 0.160 e. The van der Waals surface area contributed by atoms with E-state index in [-0.39, 0.29) is 0 Å². The zero-order valence-electron chi connectivity index (χ0n) is 29.9. The van der Waals surface area contributed by atoms with E-state index in [4.69, 9.17) is 9.97 Å². The van der Waals surface area contributed by atoms with Crippen molar-refractivity contribution in [3.05, 3.63) is 200 Å². The highest BCUT2D eigenvalue weighted by Crippen LogP contribution is 2.44. The van der Waals surface area contributed by atoms with Gasteiger partial charge in [0, 0.05) is 38.5 Å². The molecule has 0 aliphatic carbocycles. The lowest BCUT2D eigenvalue weighted by molar-refractivity contribution is 1.17. The van der Waals surface area contributed by atoms with Crippen LogP contribution in [0.4, 0.5) is 0 Å². The van der Waals surface area contributed by atoms with Crippen LogP contribution in [-0.2, 0) is 0 Å². The fourth-order valence-corrected chi connectivity index (χ4v) is 8.42. The Morgan fingerprint density at radius 1 is 0.327 bits per heavy atom. The Morgan fingerprint density at radius 3 is 1.55 bits per heavy atom. The summed E-state index contributed by atoms with van der Waals surface area (Å²) in [6.45, 7) is 0. The number of aromatic nitrogens is 3. The summed E-state index contributed by atoms with van der Waals surface area (Å²) in [4.78, 5) is 10.3. The number of nitrogens with zero attached hydrogens (tertiary/aromatic N) is 3. The second-order valence-electron chi connectivity index (χ2n) is 14.1. The van der Waals surface area contributed by atoms with Crippen LogP contribution in [0, 0.1) is 0 Å². The second-order valence-corrected chi connectivity index (χ2v) is 14.1. The lowest BCUT2D eigenvalue weighted by Gasteiger charge is -2.14. The van der Waals surface area contributed by atoms with E-state index in [1.54, 1.807) is 0 Å². The maximum atomic E-state index is 5.18. The van der Waals surface area contributed by atoms with Crippen LogP contribution < -0.4 is 0 Å². The lowest BCUT2D eigenvalue weighted by Crippen LogP contribution is -1.98. The van der Waals surface area contributed by atoms with Crippen molar-refractivity contribution in [3.63, 3.8) is 0 Å². The lowest BCUT2D eigenvalue weighted by atomic mass is 9.93. The summed E-state index contributed by atoms with van der Waals surface area (Å²) in [7, 11) is 0. The van der Waals surface area contributed by atoms with Crippen LogP contribution in [0.25, 0.3) is 105 Å². The average molecular weight is 700 g/mol. The van der Waals surface area contributed by atoms with Crippen LogP contribution in [0.3, 0.4) is 0 Å². The van der Waals surface area contributed by atoms with Crippen molar-refractivity contribution in [1.82, 2.24) is 14.5 Å². The molecule has 55 heavy (non-hydrogen) atoms. The van der Waals surface area contributed by atoms with E-state index in [9.17, 15) is 0 Å². The summed E-state index contributed by atoms with van der Waals surface area (Å²) >= 11 is 0. The molecule has 0 aliphatic rings. The highest BCUT2D eigenvalue weighted by atomic mass is 15.0. The van der Waals surface area contributed by atoms with E-state index < -0.39 is 0 Å². The van der Waals surface area contributed by atoms with Crippen LogP contribution in [0.2, 0.25) is 0 Å². The molecule has 0 unspecified atom stereocenters. The molecule has 11 aromatic rings. The highest BCUT2D eigenvalue weighted by molar-refractivity contribution is 6.36. The predicted molar refractivity (Wildman–Crippen MR) is 231 cm³/mol. The summed E-state index contributed by atoms with van der Waals surface area (Å²) in [6, 6.07) is 71.4. The topological polar surface area (TPSA) is 30.7 Å². The molecule has 0 amide bonds. The van der Waals surface area contributed by atoms with Gasteiger partial charge in [-0.1, -0.05) is 164 Å². The normalized spacial score (nSPS) is 11.6. The third-order valence-electron chi connectivity index (χ3n) is 11.0. The van der Waals surface area contributed by atoms with E-state index in [1.807, 2.05) is 12.1 Å². The quantitative estimate of drug-likeness (QED) is 0.167. The molecule has 0 aliphatic heterocycles. The summed E-state index contributed by atoms with van der Waals surface area (Å²) in [5.41, 5.74) is 10.7. The van der Waals surface area contributed by atoms with Crippen molar-refractivity contribution in [2.24, 2.45) is 0 Å². The molecule has 0 bridgehead atoms. The molecule has 9 aromatic carbocycles. The molecule has 0 saturated heterocycles. The predicted octanol–water partition coefficient (Wildman–Crippen LogP) is 13.7. The van der Waals surface area contributed by atoms with Gasteiger partial charge in [-0.05, 0) is 74.5 Å². The number of hydrogen-bond acceptors (Lipinski definition) is 2. The number of para-hydroxylation sites is 1. The van der Waals surface area contributed by atoms with Gasteiger partial charge in [0.25, 0.3) is 0 Å². The molecule has 0 radical (unpaired) electrons. The average Bonchev–Trinajstić information content (AvgIpc) is 3.62. The van der Waals surface area contributed by atoms with Crippen LogP contribution >= 0.6 is 0 Å². The highest BCUT2D eigenvalue weighted by Gasteiger charge is 2.20. The minimum Gasteiger partial charge on any atom is -0.309 e. The molecule has 3 heteroatoms. The van der Waals surface area contributed by atoms with Gasteiger partial charge >= 0.3 is 0 Å². The SMILES string of the molecule is c1ccc(-c2ccc(-c3cc(-c4ccccc4)nc(-c4ccc(-n5c6ccccc6c6c7ccccc7c7c8ccccc8ccc7c65)cc4)n3)cc2)cc1. The third kappa shape index (κ3) is 5.13. The van der Waals surface area contributed by atoms with E-state index >= 15 is 0 Å². The van der Waals surface area contributed by atoms with Crippen molar-refractivity contribution in [2.45, 2.75) is 0 Å². The first-order valence-electron chi connectivity index (χ1n) is 18.7. The first-order valence-corrected chi connectivity index (χ1v) is 18.7. The van der Waals surface area contributed by atoms with Gasteiger partial charge in [-0.15, -0.1) is 0 Å². The Morgan fingerprint density at radius 2 is 0.836 bits per heavy atom. The molecule has 2 heterocycles. The largest absolute Gasteiger partial charge is 0.309 e. The van der Waals surface area contributed by atoms with Crippen molar-refractivity contribution in [1.29, 1.82) is 0 Å². The van der Waals surface area contributed by atoms with E-state index in [1.165, 1.54) is 65.3 Å². The molecule has 11 rings (SSSR count). The number of benzene rings is 9. The number of hydrogen-bond donors (Lipinski definition) is 0. The Hall–Kier alpha value is -7.36. The molecule has 0 fully saturated rings. The standard InChI is InChI=1S/C52H33N3/c1-3-13-34(14-4-1)35-23-25-38(26-24-35)47-33-46(37-16-5-2-6-17-37)53-52(54-47)39-27-30-40(31-28-39)55-48-22-12-11-21-44(48)50-43-20-10-9-19-42(43)49-41-18-8-7-15-36(41)29-32-45(49)51(50)55/h1-33H. The molecular weight excluding hydrogens is 667 g/mol. The van der Waals surface area contributed by atoms with E-state index in [2.05, 4.69) is 193 Å². The van der Waals surface area contributed by atoms with Crippen molar-refractivity contribution in [2.75, 3.05) is 0 Å².